The fourth-order valence-corrected chi connectivity index (χ4v) is 2.78. The van der Waals surface area contributed by atoms with Crippen molar-refractivity contribution in [2.45, 2.75) is 25.9 Å². The molecule has 2 aromatic rings. The second-order valence-corrected chi connectivity index (χ2v) is 5.66. The van der Waals surface area contributed by atoms with Gasteiger partial charge in [-0.1, -0.05) is 11.6 Å². The Labute approximate surface area is 121 Å². The number of furan rings is 1. The molecular weight excluding hydrogens is 278 g/mol. The van der Waals surface area contributed by atoms with Crippen LogP contribution in [0.5, 0.6) is 0 Å². The molecule has 1 fully saturated rings. The van der Waals surface area contributed by atoms with Crippen LogP contribution in [0.1, 0.15) is 29.0 Å². The number of amides is 1. The van der Waals surface area contributed by atoms with E-state index in [0.29, 0.717) is 42.3 Å². The van der Waals surface area contributed by atoms with Crippen molar-refractivity contribution in [2.24, 2.45) is 0 Å². The number of carbonyl (C=O) groups excluding carboxylic acids is 1. The number of rotatable bonds is 1. The van der Waals surface area contributed by atoms with Crippen LogP contribution in [0.3, 0.4) is 0 Å². The van der Waals surface area contributed by atoms with Crippen molar-refractivity contribution in [3.63, 3.8) is 0 Å². The molecule has 0 spiro atoms. The number of piperidine rings is 1. The molecule has 0 bridgehead atoms. The molecule has 1 aliphatic heterocycles. The summed E-state index contributed by atoms with van der Waals surface area (Å²) in [5.74, 6) is 0.264. The maximum atomic E-state index is 12.5. The van der Waals surface area contributed by atoms with Gasteiger partial charge < -0.3 is 14.4 Å². The van der Waals surface area contributed by atoms with Gasteiger partial charge in [0.25, 0.3) is 5.91 Å². The quantitative estimate of drug-likeness (QED) is 0.879. The molecule has 0 saturated carbocycles. The summed E-state index contributed by atoms with van der Waals surface area (Å²) in [6, 6.07) is 5.34. The Morgan fingerprint density at radius 3 is 2.80 bits per heavy atom. The average molecular weight is 294 g/mol. The minimum atomic E-state index is -0.297. The van der Waals surface area contributed by atoms with E-state index in [1.807, 2.05) is 13.0 Å². The van der Waals surface area contributed by atoms with Crippen LogP contribution in [0.15, 0.2) is 22.6 Å². The van der Waals surface area contributed by atoms with Gasteiger partial charge in [0.15, 0.2) is 5.76 Å². The topological polar surface area (TPSA) is 53.7 Å². The first-order valence-corrected chi connectivity index (χ1v) is 7.10. The molecule has 5 heteroatoms. The van der Waals surface area contributed by atoms with Crippen LogP contribution in [0.25, 0.3) is 11.0 Å². The Morgan fingerprint density at radius 1 is 1.40 bits per heavy atom. The van der Waals surface area contributed by atoms with Gasteiger partial charge in [0.2, 0.25) is 0 Å². The van der Waals surface area contributed by atoms with Crippen molar-refractivity contribution < 1.29 is 14.3 Å². The fraction of sp³-hybridized carbons (Fsp3) is 0.400. The Bertz CT molecular complexity index is 656. The number of benzene rings is 1. The molecule has 1 saturated heterocycles. The summed E-state index contributed by atoms with van der Waals surface area (Å²) in [6.45, 7) is 3.00. The minimum absolute atomic E-state index is 0.110. The fourth-order valence-electron chi connectivity index (χ4n) is 2.61. The van der Waals surface area contributed by atoms with Gasteiger partial charge in [-0.05, 0) is 38.0 Å². The highest BCUT2D eigenvalue weighted by atomic mass is 35.5. The summed E-state index contributed by atoms with van der Waals surface area (Å²) >= 11 is 5.98. The van der Waals surface area contributed by atoms with Gasteiger partial charge in [-0.2, -0.15) is 0 Å². The Hall–Kier alpha value is -1.52. The highest BCUT2D eigenvalue weighted by molar-refractivity contribution is 6.31. The van der Waals surface area contributed by atoms with Crippen LogP contribution in [0.2, 0.25) is 5.02 Å². The molecular formula is C15H16ClNO3. The predicted octanol–water partition coefficient (Wildman–Crippen LogP) is 2.99. The minimum Gasteiger partial charge on any atom is -0.451 e. The average Bonchev–Trinajstić information content (AvgIpc) is 2.76. The van der Waals surface area contributed by atoms with Crippen LogP contribution in [-0.2, 0) is 0 Å². The summed E-state index contributed by atoms with van der Waals surface area (Å²) in [4.78, 5) is 14.2. The predicted molar refractivity (Wildman–Crippen MR) is 77.1 cm³/mol. The van der Waals surface area contributed by atoms with E-state index in [0.717, 1.165) is 10.9 Å². The smallest absolute Gasteiger partial charge is 0.289 e. The number of aliphatic hydroxyl groups excluding tert-OH is 1. The molecule has 3 rings (SSSR count). The first-order chi connectivity index (χ1) is 9.56. The van der Waals surface area contributed by atoms with E-state index < -0.39 is 0 Å². The van der Waals surface area contributed by atoms with Gasteiger partial charge in [0.05, 0.1) is 6.10 Å². The SMILES string of the molecule is Cc1c(C(=O)N2CCC(O)CC2)oc2ccc(Cl)cc12. The zero-order chi connectivity index (χ0) is 14.3. The lowest BCUT2D eigenvalue weighted by molar-refractivity contribution is 0.0521. The largest absolute Gasteiger partial charge is 0.451 e. The first-order valence-electron chi connectivity index (χ1n) is 6.72. The number of nitrogens with zero attached hydrogens (tertiary/aromatic N) is 1. The monoisotopic (exact) mass is 293 g/mol. The number of carbonyl (C=O) groups is 1. The lowest BCUT2D eigenvalue weighted by Gasteiger charge is -2.29. The number of aliphatic hydroxyl groups is 1. The molecule has 0 radical (unpaired) electrons. The molecule has 1 aromatic heterocycles. The molecule has 0 aliphatic carbocycles. The second-order valence-electron chi connectivity index (χ2n) is 5.22. The lowest BCUT2D eigenvalue weighted by Crippen LogP contribution is -2.40. The molecule has 0 unspecified atom stereocenters. The van der Waals surface area contributed by atoms with Gasteiger partial charge in [-0.25, -0.2) is 0 Å². The van der Waals surface area contributed by atoms with Crippen molar-refractivity contribution in [1.29, 1.82) is 0 Å². The Kier molecular flexibility index (Phi) is 3.44. The molecule has 106 valence electrons. The standard InChI is InChI=1S/C15H16ClNO3/c1-9-12-8-10(16)2-3-13(12)20-14(9)15(19)17-6-4-11(18)5-7-17/h2-3,8,11,18H,4-7H2,1H3. The molecule has 1 aromatic carbocycles. The van der Waals surface area contributed by atoms with Gasteiger partial charge in [0.1, 0.15) is 5.58 Å². The van der Waals surface area contributed by atoms with Gasteiger partial charge in [0, 0.05) is 29.1 Å². The van der Waals surface area contributed by atoms with Gasteiger partial charge in [-0.15, -0.1) is 0 Å². The van der Waals surface area contributed by atoms with Gasteiger partial charge >= 0.3 is 0 Å². The van der Waals surface area contributed by atoms with E-state index >= 15 is 0 Å². The first kappa shape index (κ1) is 13.5. The highest BCUT2D eigenvalue weighted by Gasteiger charge is 2.26. The van der Waals surface area contributed by atoms with E-state index in [-0.39, 0.29) is 12.0 Å². The van der Waals surface area contributed by atoms with Gasteiger partial charge in [-0.3, -0.25) is 4.79 Å². The molecule has 4 nitrogen and oxygen atoms in total. The van der Waals surface area contributed by atoms with E-state index in [2.05, 4.69) is 0 Å². The molecule has 1 amide bonds. The van der Waals surface area contributed by atoms with E-state index in [9.17, 15) is 9.90 Å². The lowest BCUT2D eigenvalue weighted by atomic mass is 10.1. The van der Waals surface area contributed by atoms with Crippen LogP contribution >= 0.6 is 11.6 Å². The zero-order valence-electron chi connectivity index (χ0n) is 11.2. The summed E-state index contributed by atoms with van der Waals surface area (Å²) in [6.07, 6.45) is 0.947. The number of likely N-dealkylation sites (tertiary alicyclic amines) is 1. The Balaban J connectivity index is 1.93. The van der Waals surface area contributed by atoms with Crippen molar-refractivity contribution in [3.05, 3.63) is 34.5 Å². The maximum Gasteiger partial charge on any atom is 0.289 e. The number of aryl methyl sites for hydroxylation is 1. The van der Waals surface area contributed by atoms with Crippen LogP contribution < -0.4 is 0 Å². The molecule has 1 aliphatic rings. The van der Waals surface area contributed by atoms with E-state index in [4.69, 9.17) is 16.0 Å². The molecule has 1 N–H and O–H groups in total. The van der Waals surface area contributed by atoms with Crippen molar-refractivity contribution in [3.8, 4) is 0 Å². The van der Waals surface area contributed by atoms with E-state index in [1.54, 1.807) is 17.0 Å². The number of hydrogen-bond acceptors (Lipinski definition) is 3. The summed E-state index contributed by atoms with van der Waals surface area (Å²) < 4.78 is 5.68. The van der Waals surface area contributed by atoms with Crippen LogP contribution in [-0.4, -0.2) is 35.1 Å². The maximum absolute atomic E-state index is 12.5. The third-order valence-electron chi connectivity index (χ3n) is 3.84. The van der Waals surface area contributed by atoms with Crippen molar-refractivity contribution in [1.82, 2.24) is 4.90 Å². The van der Waals surface area contributed by atoms with Crippen molar-refractivity contribution in [2.75, 3.05) is 13.1 Å². The normalized spacial score (nSPS) is 16.9. The summed E-state index contributed by atoms with van der Waals surface area (Å²) in [7, 11) is 0. The van der Waals surface area contributed by atoms with Crippen LogP contribution in [0, 0.1) is 6.92 Å². The van der Waals surface area contributed by atoms with Crippen LogP contribution in [0.4, 0.5) is 0 Å². The third kappa shape index (κ3) is 2.30. The number of fused-ring (bicyclic) bond motifs is 1. The highest BCUT2D eigenvalue weighted by Crippen LogP contribution is 2.29. The third-order valence-corrected chi connectivity index (χ3v) is 4.08. The van der Waals surface area contributed by atoms with E-state index in [1.165, 1.54) is 0 Å². The summed E-state index contributed by atoms with van der Waals surface area (Å²) in [5, 5.41) is 11.0. The molecule has 2 heterocycles. The zero-order valence-corrected chi connectivity index (χ0v) is 12.0. The number of hydrogen-bond donors (Lipinski definition) is 1. The number of halogens is 1. The second kappa shape index (κ2) is 5.11. The summed E-state index contributed by atoms with van der Waals surface area (Å²) in [5.41, 5.74) is 1.49. The Morgan fingerprint density at radius 2 is 2.10 bits per heavy atom. The molecule has 0 atom stereocenters. The molecule has 20 heavy (non-hydrogen) atoms. The van der Waals surface area contributed by atoms with Crippen molar-refractivity contribution >= 4 is 28.5 Å².